The summed E-state index contributed by atoms with van der Waals surface area (Å²) in [5.41, 5.74) is -2.58. The average Bonchev–Trinajstić information content (AvgIpc) is 2.13. The molecule has 17 heavy (non-hydrogen) atoms. The van der Waals surface area contributed by atoms with E-state index in [0.29, 0.717) is 6.42 Å². The van der Waals surface area contributed by atoms with Crippen LogP contribution in [0.15, 0.2) is 12.3 Å². The highest BCUT2D eigenvalue weighted by molar-refractivity contribution is 5.04. The van der Waals surface area contributed by atoms with Gasteiger partial charge in [0.05, 0.1) is 12.9 Å². The van der Waals surface area contributed by atoms with E-state index in [4.69, 9.17) is 0 Å². The van der Waals surface area contributed by atoms with Gasteiger partial charge in [0.25, 0.3) is 0 Å². The van der Waals surface area contributed by atoms with Crippen LogP contribution in [0.4, 0.5) is 22.0 Å². The maximum Gasteiger partial charge on any atom is 0.456 e. The third-order valence-corrected chi connectivity index (χ3v) is 2.56. The number of hydrogen-bond acceptors (Lipinski definition) is 2. The van der Waals surface area contributed by atoms with Gasteiger partial charge in [-0.25, -0.2) is 0 Å². The SMILES string of the molecule is CCC=COCC1(C(F)(F)C(F)(F)F)CCO1. The minimum Gasteiger partial charge on any atom is -0.498 e. The van der Waals surface area contributed by atoms with Crippen LogP contribution in [-0.4, -0.2) is 30.9 Å². The van der Waals surface area contributed by atoms with Crippen LogP contribution in [-0.2, 0) is 9.47 Å². The van der Waals surface area contributed by atoms with E-state index in [2.05, 4.69) is 9.47 Å². The second-order valence-electron chi connectivity index (χ2n) is 3.76. The zero-order valence-electron chi connectivity index (χ0n) is 9.19. The Morgan fingerprint density at radius 1 is 1.29 bits per heavy atom. The molecule has 0 amide bonds. The van der Waals surface area contributed by atoms with Crippen molar-refractivity contribution in [1.82, 2.24) is 0 Å². The molecule has 1 aliphatic heterocycles. The Bertz CT molecular complexity index is 281. The van der Waals surface area contributed by atoms with Crippen molar-refractivity contribution in [3.05, 3.63) is 12.3 Å². The quantitative estimate of drug-likeness (QED) is 0.558. The molecule has 1 fully saturated rings. The molecule has 0 aromatic rings. The molecule has 0 bridgehead atoms. The molecular formula is C10H13F5O2. The maximum absolute atomic E-state index is 13.2. The Balaban J connectivity index is 2.72. The van der Waals surface area contributed by atoms with Crippen molar-refractivity contribution in [2.24, 2.45) is 0 Å². The Morgan fingerprint density at radius 2 is 1.88 bits per heavy atom. The number of alkyl halides is 5. The third kappa shape index (κ3) is 2.53. The molecule has 1 unspecified atom stereocenters. The topological polar surface area (TPSA) is 18.5 Å². The molecule has 0 aromatic heterocycles. The molecule has 0 spiro atoms. The monoisotopic (exact) mass is 260 g/mol. The fraction of sp³-hybridized carbons (Fsp3) is 0.800. The van der Waals surface area contributed by atoms with E-state index in [1.54, 1.807) is 6.92 Å². The van der Waals surface area contributed by atoms with E-state index in [0.717, 1.165) is 6.26 Å². The summed E-state index contributed by atoms with van der Waals surface area (Å²) in [6.07, 6.45) is -2.79. The Labute approximate surface area is 95.4 Å². The van der Waals surface area contributed by atoms with Gasteiger partial charge in [-0.15, -0.1) is 0 Å². The Kier molecular flexibility index (Phi) is 4.01. The van der Waals surface area contributed by atoms with Crippen LogP contribution in [0.5, 0.6) is 0 Å². The van der Waals surface area contributed by atoms with E-state index < -0.39 is 24.3 Å². The van der Waals surface area contributed by atoms with Crippen molar-refractivity contribution in [3.63, 3.8) is 0 Å². The summed E-state index contributed by atoms with van der Waals surface area (Å²) in [7, 11) is 0. The van der Waals surface area contributed by atoms with Gasteiger partial charge >= 0.3 is 12.1 Å². The van der Waals surface area contributed by atoms with Crippen molar-refractivity contribution in [1.29, 1.82) is 0 Å². The zero-order chi connectivity index (χ0) is 13.2. The molecule has 1 rings (SSSR count). The molecule has 7 heteroatoms. The molecule has 1 saturated heterocycles. The van der Waals surface area contributed by atoms with E-state index in [1.165, 1.54) is 6.08 Å². The van der Waals surface area contributed by atoms with Gasteiger partial charge in [-0.3, -0.25) is 0 Å². The van der Waals surface area contributed by atoms with Crippen LogP contribution >= 0.6 is 0 Å². The van der Waals surface area contributed by atoms with Crippen molar-refractivity contribution >= 4 is 0 Å². The van der Waals surface area contributed by atoms with Crippen molar-refractivity contribution in [2.45, 2.75) is 37.5 Å². The smallest absolute Gasteiger partial charge is 0.456 e. The Morgan fingerprint density at radius 3 is 2.24 bits per heavy atom. The van der Waals surface area contributed by atoms with Crippen molar-refractivity contribution < 1.29 is 31.4 Å². The van der Waals surface area contributed by atoms with Crippen molar-refractivity contribution in [2.75, 3.05) is 13.2 Å². The first-order valence-corrected chi connectivity index (χ1v) is 5.12. The highest BCUT2D eigenvalue weighted by Gasteiger charge is 2.73. The zero-order valence-corrected chi connectivity index (χ0v) is 9.19. The summed E-state index contributed by atoms with van der Waals surface area (Å²) in [5.74, 6) is -4.90. The lowest BCUT2D eigenvalue weighted by Gasteiger charge is -2.46. The fourth-order valence-corrected chi connectivity index (χ4v) is 1.41. The third-order valence-electron chi connectivity index (χ3n) is 2.56. The minimum atomic E-state index is -5.63. The summed E-state index contributed by atoms with van der Waals surface area (Å²) >= 11 is 0. The van der Waals surface area contributed by atoms with Crippen LogP contribution in [0.25, 0.3) is 0 Å². The first kappa shape index (κ1) is 14.2. The van der Waals surface area contributed by atoms with E-state index in [-0.39, 0.29) is 13.0 Å². The average molecular weight is 260 g/mol. The molecular weight excluding hydrogens is 247 g/mol. The molecule has 0 radical (unpaired) electrons. The summed E-state index contributed by atoms with van der Waals surface area (Å²) in [5, 5.41) is 0. The fourth-order valence-electron chi connectivity index (χ4n) is 1.41. The molecule has 1 heterocycles. The van der Waals surface area contributed by atoms with Crippen LogP contribution < -0.4 is 0 Å². The lowest BCUT2D eigenvalue weighted by molar-refractivity contribution is -0.382. The standard InChI is InChI=1S/C10H13F5O2/c1-2-3-5-16-7-8(4-6-17-8)9(11,12)10(13,14)15/h3,5H,2,4,6-7H2,1H3. The molecule has 0 N–H and O–H groups in total. The summed E-state index contributed by atoms with van der Waals surface area (Å²) in [6.45, 7) is 0.850. The predicted molar refractivity (Wildman–Crippen MR) is 49.7 cm³/mol. The summed E-state index contributed by atoms with van der Waals surface area (Å²) < 4.78 is 72.2. The molecule has 1 atom stereocenters. The number of ether oxygens (including phenoxy) is 2. The second kappa shape index (κ2) is 4.80. The van der Waals surface area contributed by atoms with Gasteiger partial charge in [-0.2, -0.15) is 22.0 Å². The van der Waals surface area contributed by atoms with E-state index in [1.807, 2.05) is 0 Å². The lowest BCUT2D eigenvalue weighted by atomic mass is 9.87. The van der Waals surface area contributed by atoms with Gasteiger partial charge in [0.1, 0.15) is 6.61 Å². The summed E-state index contributed by atoms with van der Waals surface area (Å²) in [4.78, 5) is 0. The van der Waals surface area contributed by atoms with Gasteiger partial charge in [0, 0.05) is 6.42 Å². The Hall–Kier alpha value is -0.850. The predicted octanol–water partition coefficient (Wildman–Crippen LogP) is 3.28. The van der Waals surface area contributed by atoms with Gasteiger partial charge in [0.15, 0.2) is 5.60 Å². The van der Waals surface area contributed by atoms with Crippen LogP contribution in [0, 0.1) is 0 Å². The highest BCUT2D eigenvalue weighted by Crippen LogP contribution is 2.50. The van der Waals surface area contributed by atoms with Crippen LogP contribution in [0.3, 0.4) is 0 Å². The summed E-state index contributed by atoms with van der Waals surface area (Å²) in [6, 6.07) is 0. The van der Waals surface area contributed by atoms with Gasteiger partial charge in [-0.05, 0) is 6.42 Å². The van der Waals surface area contributed by atoms with Crippen molar-refractivity contribution in [3.8, 4) is 0 Å². The number of rotatable bonds is 5. The number of hydrogen-bond donors (Lipinski definition) is 0. The van der Waals surface area contributed by atoms with Gasteiger partial charge < -0.3 is 9.47 Å². The largest absolute Gasteiger partial charge is 0.498 e. The van der Waals surface area contributed by atoms with Gasteiger partial charge in [-0.1, -0.05) is 13.0 Å². The van der Waals surface area contributed by atoms with Gasteiger partial charge in [0.2, 0.25) is 0 Å². The van der Waals surface area contributed by atoms with Crippen LogP contribution in [0.2, 0.25) is 0 Å². The number of allylic oxidation sites excluding steroid dienone is 1. The molecule has 100 valence electrons. The molecule has 2 nitrogen and oxygen atoms in total. The van der Waals surface area contributed by atoms with E-state index in [9.17, 15) is 22.0 Å². The normalized spacial score (nSPS) is 26.0. The second-order valence-corrected chi connectivity index (χ2v) is 3.76. The van der Waals surface area contributed by atoms with Crippen LogP contribution in [0.1, 0.15) is 19.8 Å². The molecule has 1 aliphatic rings. The first-order valence-electron chi connectivity index (χ1n) is 5.12. The number of halogens is 5. The molecule has 0 saturated carbocycles. The first-order chi connectivity index (χ1) is 7.77. The maximum atomic E-state index is 13.2. The lowest BCUT2D eigenvalue weighted by Crippen LogP contribution is -2.66. The molecule has 0 aromatic carbocycles. The molecule has 0 aliphatic carbocycles. The minimum absolute atomic E-state index is 0.119. The van der Waals surface area contributed by atoms with E-state index >= 15 is 0 Å². The highest BCUT2D eigenvalue weighted by atomic mass is 19.4.